The van der Waals surface area contributed by atoms with Crippen molar-refractivity contribution in [2.45, 2.75) is 104 Å². The maximum absolute atomic E-state index is 14.9. The number of anilines is 1. The zero-order chi connectivity index (χ0) is 37.7. The van der Waals surface area contributed by atoms with E-state index in [-0.39, 0.29) is 29.7 Å². The van der Waals surface area contributed by atoms with Crippen molar-refractivity contribution in [2.24, 2.45) is 5.92 Å². The van der Waals surface area contributed by atoms with Gasteiger partial charge in [0.1, 0.15) is 24.7 Å². The average molecular weight is 706 g/mol. The smallest absolute Gasteiger partial charge is 0.255 e. The molecule has 1 unspecified atom stereocenters. The van der Waals surface area contributed by atoms with Gasteiger partial charge in [-0.15, -0.1) is 0 Å². The number of likely N-dealkylation sites (N-methyl/N-ethyl adjacent to an activating group) is 1. The van der Waals surface area contributed by atoms with Crippen LogP contribution in [0.4, 0.5) is 10.1 Å². The molecule has 2 aliphatic rings. The Morgan fingerprint density at radius 2 is 1.46 bits per heavy atom. The van der Waals surface area contributed by atoms with Gasteiger partial charge in [0.25, 0.3) is 5.91 Å². The number of likely N-dealkylation sites (tertiary alicyclic amines) is 1. The first-order valence-electron chi connectivity index (χ1n) is 18.8. The lowest BCUT2D eigenvalue weighted by molar-refractivity contribution is -0.112. The van der Waals surface area contributed by atoms with E-state index in [1.54, 1.807) is 0 Å². The lowest BCUT2D eigenvalue weighted by Gasteiger charge is -2.39. The van der Waals surface area contributed by atoms with Crippen LogP contribution >= 0.6 is 0 Å². The number of nitrogens with zero attached hydrogens (tertiary/aromatic N) is 4. The van der Waals surface area contributed by atoms with E-state index in [4.69, 9.17) is 0 Å². The lowest BCUT2D eigenvalue weighted by atomic mass is 9.96. The molecule has 2 aliphatic heterocycles. The summed E-state index contributed by atoms with van der Waals surface area (Å²) in [6.07, 6.45) is 15.3. The van der Waals surface area contributed by atoms with Crippen molar-refractivity contribution in [1.82, 2.24) is 20.0 Å². The number of piperidine rings is 1. The number of hydrogen-bond acceptors (Lipinski definition) is 9. The summed E-state index contributed by atoms with van der Waals surface area (Å²) in [5.74, 6) is -0.402. The molecule has 2 fully saturated rings. The summed E-state index contributed by atoms with van der Waals surface area (Å²) < 4.78 is 14.9. The van der Waals surface area contributed by atoms with Crippen LogP contribution in [0.15, 0.2) is 12.1 Å². The Balaban J connectivity index is 0.00000126. The normalized spacial score (nSPS) is 15.6. The number of unbranched alkanes of at least 4 members (excludes halogenated alkanes) is 7. The van der Waals surface area contributed by atoms with Gasteiger partial charge in [-0.3, -0.25) is 14.5 Å². The molecule has 1 amide bonds. The summed E-state index contributed by atoms with van der Waals surface area (Å²) in [5.41, 5.74) is 0.288. The van der Waals surface area contributed by atoms with Crippen LogP contribution in [-0.4, -0.2) is 126 Å². The van der Waals surface area contributed by atoms with E-state index in [0.29, 0.717) is 37.9 Å². The summed E-state index contributed by atoms with van der Waals surface area (Å²) >= 11 is 0. The van der Waals surface area contributed by atoms with Crippen LogP contribution in [0.2, 0.25) is 0 Å². The molecule has 1 N–H and O–H groups in total. The van der Waals surface area contributed by atoms with Crippen LogP contribution < -0.4 is 10.2 Å². The summed E-state index contributed by atoms with van der Waals surface area (Å²) in [6, 6.07) is 1.72. The maximum atomic E-state index is 14.9. The molecule has 0 saturated carbocycles. The summed E-state index contributed by atoms with van der Waals surface area (Å²) in [4.78, 5) is 64.6. The van der Waals surface area contributed by atoms with Crippen LogP contribution in [0.1, 0.15) is 119 Å². The number of hydrogen-bond donors (Lipinski definition) is 1. The molecule has 50 heavy (non-hydrogen) atoms. The van der Waals surface area contributed by atoms with Crippen molar-refractivity contribution >= 4 is 36.7 Å². The molecule has 2 saturated heterocycles. The number of halogens is 1. The predicted octanol–water partition coefficient (Wildman–Crippen LogP) is 5.91. The molecule has 0 spiro atoms. The van der Waals surface area contributed by atoms with Crippen molar-refractivity contribution in [3.05, 3.63) is 29.1 Å². The fourth-order valence-electron chi connectivity index (χ4n) is 6.00. The minimum Gasteiger partial charge on any atom is -0.367 e. The third kappa shape index (κ3) is 18.3. The van der Waals surface area contributed by atoms with Gasteiger partial charge in [-0.1, -0.05) is 59.3 Å². The second kappa shape index (κ2) is 29.7. The van der Waals surface area contributed by atoms with E-state index >= 15 is 0 Å². The van der Waals surface area contributed by atoms with Crippen LogP contribution in [0.3, 0.4) is 0 Å². The molecular formula is C39H68FN5O5. The summed E-state index contributed by atoms with van der Waals surface area (Å²) in [7, 11) is 7.35. The van der Waals surface area contributed by atoms with Crippen molar-refractivity contribution in [3.63, 3.8) is 0 Å². The SMILES string of the molecule is CC.CCCCCCCCCC=O.CN1CCC(CN2CCN(c3cc(C(=O)N(C)C(C=O)CCC=O)c(C=O)cc3F)CC2)CC1.CNC. The number of amides is 1. The minimum absolute atomic E-state index is 0.0561. The highest BCUT2D eigenvalue weighted by atomic mass is 19.1. The van der Waals surface area contributed by atoms with E-state index < -0.39 is 17.8 Å². The molecule has 0 aliphatic carbocycles. The highest BCUT2D eigenvalue weighted by Crippen LogP contribution is 2.27. The Kier molecular flexibility index (Phi) is 27.9. The zero-order valence-electron chi connectivity index (χ0n) is 32.3. The maximum Gasteiger partial charge on any atom is 0.255 e. The second-order valence-electron chi connectivity index (χ2n) is 13.0. The van der Waals surface area contributed by atoms with Crippen LogP contribution in [0.5, 0.6) is 0 Å². The topological polar surface area (TPSA) is 110 Å². The van der Waals surface area contributed by atoms with Gasteiger partial charge in [-0.2, -0.15) is 0 Å². The number of benzene rings is 1. The number of nitrogens with one attached hydrogen (secondary N) is 1. The van der Waals surface area contributed by atoms with E-state index in [2.05, 4.69) is 29.1 Å². The lowest BCUT2D eigenvalue weighted by Crippen LogP contribution is -2.49. The quantitative estimate of drug-likeness (QED) is 0.147. The molecule has 286 valence electrons. The number of carbonyl (C=O) groups is 5. The van der Waals surface area contributed by atoms with Crippen LogP contribution in [0.25, 0.3) is 0 Å². The first-order chi connectivity index (χ1) is 24.2. The Labute approximate surface area is 302 Å². The van der Waals surface area contributed by atoms with Gasteiger partial charge in [0, 0.05) is 58.2 Å². The van der Waals surface area contributed by atoms with E-state index in [1.165, 1.54) is 69.4 Å². The molecule has 0 bridgehead atoms. The largest absolute Gasteiger partial charge is 0.367 e. The first-order valence-corrected chi connectivity index (χ1v) is 18.8. The molecule has 11 heteroatoms. The molecule has 1 aromatic rings. The van der Waals surface area contributed by atoms with Gasteiger partial charge in [0.15, 0.2) is 6.29 Å². The van der Waals surface area contributed by atoms with Gasteiger partial charge in [0.05, 0.1) is 17.3 Å². The first kappa shape index (κ1) is 47.0. The number of carbonyl (C=O) groups excluding carboxylic acids is 5. The monoisotopic (exact) mass is 706 g/mol. The highest BCUT2D eigenvalue weighted by Gasteiger charge is 2.27. The van der Waals surface area contributed by atoms with Crippen LogP contribution in [-0.2, 0) is 14.4 Å². The van der Waals surface area contributed by atoms with Crippen molar-refractivity contribution < 1.29 is 28.4 Å². The van der Waals surface area contributed by atoms with Crippen LogP contribution in [0, 0.1) is 11.7 Å². The molecular weight excluding hydrogens is 637 g/mol. The molecule has 2 heterocycles. The van der Waals surface area contributed by atoms with Crippen molar-refractivity contribution in [1.29, 1.82) is 0 Å². The fourth-order valence-corrected chi connectivity index (χ4v) is 6.00. The summed E-state index contributed by atoms with van der Waals surface area (Å²) in [5, 5.41) is 2.75. The number of aldehydes is 4. The van der Waals surface area contributed by atoms with E-state index in [1.807, 2.05) is 32.8 Å². The van der Waals surface area contributed by atoms with E-state index in [0.717, 1.165) is 57.9 Å². The molecule has 0 radical (unpaired) electrons. The third-order valence-electron chi connectivity index (χ3n) is 9.02. The zero-order valence-corrected chi connectivity index (χ0v) is 32.3. The molecule has 10 nitrogen and oxygen atoms in total. The Morgan fingerprint density at radius 1 is 0.900 bits per heavy atom. The van der Waals surface area contributed by atoms with Gasteiger partial charge < -0.3 is 34.4 Å². The number of piperazine rings is 1. The van der Waals surface area contributed by atoms with Crippen molar-refractivity contribution in [2.75, 3.05) is 78.9 Å². The third-order valence-corrected chi connectivity index (χ3v) is 9.02. The average Bonchev–Trinajstić information content (AvgIpc) is 3.14. The molecule has 1 aromatic carbocycles. The predicted molar refractivity (Wildman–Crippen MR) is 203 cm³/mol. The number of rotatable bonds is 18. The fraction of sp³-hybridized carbons (Fsp3) is 0.718. The molecule has 1 atom stereocenters. The van der Waals surface area contributed by atoms with Gasteiger partial charge in [-0.25, -0.2) is 4.39 Å². The Hall–Kier alpha value is -3.02. The molecule has 3 rings (SSSR count). The Bertz CT molecular complexity index is 1080. The van der Waals surface area contributed by atoms with Gasteiger partial charge >= 0.3 is 0 Å². The second-order valence-corrected chi connectivity index (χ2v) is 13.0. The van der Waals surface area contributed by atoms with Gasteiger partial charge in [-0.05, 0) is 78.0 Å². The van der Waals surface area contributed by atoms with Gasteiger partial charge in [0.2, 0.25) is 0 Å². The summed E-state index contributed by atoms with van der Waals surface area (Å²) in [6.45, 7) is 12.4. The highest BCUT2D eigenvalue weighted by molar-refractivity contribution is 6.03. The minimum atomic E-state index is -0.797. The molecule has 0 aromatic heterocycles. The Morgan fingerprint density at radius 3 is 1.98 bits per heavy atom. The van der Waals surface area contributed by atoms with Crippen molar-refractivity contribution in [3.8, 4) is 0 Å². The van der Waals surface area contributed by atoms with E-state index in [9.17, 15) is 28.4 Å². The standard InChI is InChI=1S/C25H35FN4O4.C10H20O.C2H7N.C2H6/c1-27-7-5-19(6-8-27)16-29-9-11-30(12-10-29)24-15-22(20(17-32)14-23(24)26)25(34)28(2)21(18-33)4-3-13-31;1-2-3-4-5-6-7-8-9-10-11;1-3-2;1-2/h13-15,17-19,21H,3-12,16H2,1-2H3;10H,2-9H2,1H3;3H,1-2H3;1-2H3.